The molecule has 0 fully saturated rings. The molecule has 0 aliphatic heterocycles. The molecule has 1 amide bonds. The Morgan fingerprint density at radius 2 is 2.00 bits per heavy atom. The summed E-state index contributed by atoms with van der Waals surface area (Å²) in [6.07, 6.45) is 0. The molecule has 27 heavy (non-hydrogen) atoms. The van der Waals surface area contributed by atoms with Gasteiger partial charge >= 0.3 is 0 Å². The third kappa shape index (κ3) is 4.37. The summed E-state index contributed by atoms with van der Waals surface area (Å²) in [5.74, 6) is 0.145. The predicted molar refractivity (Wildman–Crippen MR) is 105 cm³/mol. The largest absolute Gasteiger partial charge is 0.440 e. The first-order valence-corrected chi connectivity index (χ1v) is 10.7. The third-order valence-corrected chi connectivity index (χ3v) is 6.72. The Balaban J connectivity index is 1.73. The van der Waals surface area contributed by atoms with Gasteiger partial charge in [-0.2, -0.15) is 4.72 Å². The highest BCUT2D eigenvalue weighted by molar-refractivity contribution is 7.91. The summed E-state index contributed by atoms with van der Waals surface area (Å²) >= 11 is 1.09. The molecular formula is C18H21N3O4S2. The van der Waals surface area contributed by atoms with E-state index in [0.29, 0.717) is 22.7 Å². The van der Waals surface area contributed by atoms with Gasteiger partial charge in [0.15, 0.2) is 5.58 Å². The molecule has 1 atom stereocenters. The van der Waals surface area contributed by atoms with Crippen molar-refractivity contribution in [2.75, 3.05) is 5.32 Å². The Morgan fingerprint density at radius 1 is 1.26 bits per heavy atom. The van der Waals surface area contributed by atoms with Gasteiger partial charge in [0.05, 0.1) is 6.04 Å². The summed E-state index contributed by atoms with van der Waals surface area (Å²) in [6.45, 7) is 7.50. The lowest BCUT2D eigenvalue weighted by Crippen LogP contribution is -2.41. The molecule has 2 aromatic heterocycles. The molecule has 0 aliphatic carbocycles. The molecule has 0 bridgehead atoms. The Morgan fingerprint density at radius 3 is 2.63 bits per heavy atom. The van der Waals surface area contributed by atoms with Gasteiger partial charge in [-0.25, -0.2) is 13.4 Å². The van der Waals surface area contributed by atoms with Crippen LogP contribution in [0.25, 0.3) is 11.1 Å². The quantitative estimate of drug-likeness (QED) is 0.674. The molecular weight excluding hydrogens is 386 g/mol. The SMILES string of the molecule is CC(NS(=O)(=O)c1cccs1)C(=O)Nc1ccc2oc(C(C)(C)C)nc2c1. The van der Waals surface area contributed by atoms with Gasteiger partial charge in [-0.3, -0.25) is 4.79 Å². The van der Waals surface area contributed by atoms with Crippen LogP contribution in [-0.2, 0) is 20.2 Å². The van der Waals surface area contributed by atoms with Crippen LogP contribution < -0.4 is 10.0 Å². The molecule has 0 saturated heterocycles. The number of benzene rings is 1. The first-order chi connectivity index (χ1) is 12.6. The Bertz CT molecular complexity index is 1060. The maximum atomic E-state index is 12.4. The first-order valence-electron chi connectivity index (χ1n) is 8.34. The molecule has 144 valence electrons. The normalized spacial score (nSPS) is 13.6. The van der Waals surface area contributed by atoms with Crippen molar-refractivity contribution in [1.82, 2.24) is 9.71 Å². The second kappa shape index (κ2) is 7.06. The number of aromatic nitrogens is 1. The van der Waals surface area contributed by atoms with E-state index >= 15 is 0 Å². The van der Waals surface area contributed by atoms with Crippen molar-refractivity contribution >= 4 is 44.1 Å². The van der Waals surface area contributed by atoms with E-state index in [1.807, 2.05) is 20.8 Å². The monoisotopic (exact) mass is 407 g/mol. The van der Waals surface area contributed by atoms with Crippen LogP contribution in [-0.4, -0.2) is 25.4 Å². The van der Waals surface area contributed by atoms with E-state index in [2.05, 4.69) is 15.0 Å². The van der Waals surface area contributed by atoms with Crippen LogP contribution in [0.1, 0.15) is 33.6 Å². The summed E-state index contributed by atoms with van der Waals surface area (Å²) in [5.41, 5.74) is 1.55. The minimum absolute atomic E-state index is 0.167. The van der Waals surface area contributed by atoms with Crippen molar-refractivity contribution in [1.29, 1.82) is 0 Å². The van der Waals surface area contributed by atoms with E-state index < -0.39 is 22.0 Å². The second-order valence-electron chi connectivity index (χ2n) is 7.22. The zero-order valence-corrected chi connectivity index (χ0v) is 17.1. The Hall–Kier alpha value is -2.23. The summed E-state index contributed by atoms with van der Waals surface area (Å²) in [4.78, 5) is 16.8. The summed E-state index contributed by atoms with van der Waals surface area (Å²) < 4.78 is 32.7. The average molecular weight is 408 g/mol. The van der Waals surface area contributed by atoms with Crippen LogP contribution in [0.4, 0.5) is 5.69 Å². The summed E-state index contributed by atoms with van der Waals surface area (Å²) in [6, 6.07) is 7.32. The fourth-order valence-corrected chi connectivity index (χ4v) is 4.55. The lowest BCUT2D eigenvalue weighted by molar-refractivity contribution is -0.117. The summed E-state index contributed by atoms with van der Waals surface area (Å²) in [7, 11) is -3.72. The zero-order chi connectivity index (χ0) is 19.8. The molecule has 7 nitrogen and oxygen atoms in total. The van der Waals surface area contributed by atoms with Gasteiger partial charge in [0.25, 0.3) is 10.0 Å². The van der Waals surface area contributed by atoms with Crippen molar-refractivity contribution in [2.45, 2.75) is 43.4 Å². The molecule has 2 N–H and O–H groups in total. The van der Waals surface area contributed by atoms with E-state index in [1.54, 1.807) is 29.6 Å². The average Bonchev–Trinajstić information content (AvgIpc) is 3.23. The number of amides is 1. The molecule has 1 aromatic carbocycles. The number of rotatable bonds is 5. The van der Waals surface area contributed by atoms with Crippen LogP contribution >= 0.6 is 11.3 Å². The number of anilines is 1. The van der Waals surface area contributed by atoms with Crippen molar-refractivity contribution in [3.05, 3.63) is 41.6 Å². The number of carbonyl (C=O) groups is 1. The number of hydrogen-bond acceptors (Lipinski definition) is 6. The number of carbonyl (C=O) groups excluding carboxylic acids is 1. The van der Waals surface area contributed by atoms with Gasteiger partial charge in [-0.05, 0) is 36.6 Å². The van der Waals surface area contributed by atoms with Crippen molar-refractivity contribution in [2.24, 2.45) is 0 Å². The highest BCUT2D eigenvalue weighted by atomic mass is 32.2. The summed E-state index contributed by atoms with van der Waals surface area (Å²) in [5, 5.41) is 4.37. The number of fused-ring (bicyclic) bond motifs is 1. The first kappa shape index (κ1) is 19.5. The van der Waals surface area contributed by atoms with Gasteiger partial charge in [0.1, 0.15) is 9.73 Å². The fraction of sp³-hybridized carbons (Fsp3) is 0.333. The molecule has 0 radical (unpaired) electrons. The van der Waals surface area contributed by atoms with Crippen molar-refractivity contribution < 1.29 is 17.6 Å². The van der Waals surface area contributed by atoms with E-state index in [4.69, 9.17) is 4.42 Å². The molecule has 3 aromatic rings. The number of oxazole rings is 1. The minimum Gasteiger partial charge on any atom is -0.440 e. The zero-order valence-electron chi connectivity index (χ0n) is 15.4. The maximum absolute atomic E-state index is 12.4. The maximum Gasteiger partial charge on any atom is 0.250 e. The smallest absolute Gasteiger partial charge is 0.250 e. The van der Waals surface area contributed by atoms with Crippen LogP contribution in [0.15, 0.2) is 44.3 Å². The molecule has 0 saturated carbocycles. The van der Waals surface area contributed by atoms with E-state index in [9.17, 15) is 13.2 Å². The minimum atomic E-state index is -3.72. The number of nitrogens with zero attached hydrogens (tertiary/aromatic N) is 1. The van der Waals surface area contributed by atoms with E-state index in [1.165, 1.54) is 13.0 Å². The highest BCUT2D eigenvalue weighted by Gasteiger charge is 2.24. The Kier molecular flexibility index (Phi) is 5.11. The number of hydrogen-bond donors (Lipinski definition) is 2. The van der Waals surface area contributed by atoms with Gasteiger partial charge in [-0.15, -0.1) is 11.3 Å². The van der Waals surface area contributed by atoms with Gasteiger partial charge in [0.2, 0.25) is 11.8 Å². The predicted octanol–water partition coefficient (Wildman–Crippen LogP) is 3.49. The molecule has 1 unspecified atom stereocenters. The lowest BCUT2D eigenvalue weighted by atomic mass is 9.97. The number of thiophene rings is 1. The molecule has 2 heterocycles. The lowest BCUT2D eigenvalue weighted by Gasteiger charge is -2.13. The molecule has 0 spiro atoms. The second-order valence-corrected chi connectivity index (χ2v) is 10.1. The van der Waals surface area contributed by atoms with Crippen molar-refractivity contribution in [3.63, 3.8) is 0 Å². The van der Waals surface area contributed by atoms with Crippen LogP contribution in [0.5, 0.6) is 0 Å². The number of sulfonamides is 1. The molecule has 0 aliphatic rings. The van der Waals surface area contributed by atoms with Crippen LogP contribution in [0.2, 0.25) is 0 Å². The molecule has 3 rings (SSSR count). The fourth-order valence-electron chi connectivity index (χ4n) is 2.34. The highest BCUT2D eigenvalue weighted by Crippen LogP contribution is 2.27. The topological polar surface area (TPSA) is 101 Å². The Labute approximate surface area is 161 Å². The van der Waals surface area contributed by atoms with E-state index in [0.717, 1.165) is 11.3 Å². The third-order valence-electron chi connectivity index (χ3n) is 3.78. The van der Waals surface area contributed by atoms with Crippen LogP contribution in [0, 0.1) is 0 Å². The van der Waals surface area contributed by atoms with Crippen LogP contribution in [0.3, 0.4) is 0 Å². The molecule has 9 heteroatoms. The van der Waals surface area contributed by atoms with Crippen molar-refractivity contribution in [3.8, 4) is 0 Å². The standard InChI is InChI=1S/C18H21N3O4S2/c1-11(21-27(23,24)15-6-5-9-26-15)16(22)19-12-7-8-14-13(10-12)20-17(25-14)18(2,3)4/h5-11,21H,1-4H3,(H,19,22). The van der Waals surface area contributed by atoms with Gasteiger partial charge in [0, 0.05) is 11.1 Å². The van der Waals surface area contributed by atoms with Gasteiger partial charge < -0.3 is 9.73 Å². The number of nitrogens with one attached hydrogen (secondary N) is 2. The van der Waals surface area contributed by atoms with Gasteiger partial charge in [-0.1, -0.05) is 26.8 Å². The van der Waals surface area contributed by atoms with E-state index in [-0.39, 0.29) is 9.62 Å².